The van der Waals surface area contributed by atoms with Crippen LogP contribution in [-0.2, 0) is 9.59 Å². The summed E-state index contributed by atoms with van der Waals surface area (Å²) in [7, 11) is 0. The van der Waals surface area contributed by atoms with Gasteiger partial charge in [0, 0.05) is 16.8 Å². The second-order valence-corrected chi connectivity index (χ2v) is 6.85. The van der Waals surface area contributed by atoms with Gasteiger partial charge in [-0.3, -0.25) is 14.5 Å². The van der Waals surface area contributed by atoms with Crippen LogP contribution in [0.1, 0.15) is 25.0 Å². The van der Waals surface area contributed by atoms with Gasteiger partial charge in [0.15, 0.2) is 0 Å². The minimum absolute atomic E-state index is 0.167. The Balaban J connectivity index is 2.13. The number of aryl methyl sites for hydroxylation is 1. The molecule has 2 aromatic carbocycles. The second-order valence-electron chi connectivity index (χ2n) is 6.42. The number of benzene rings is 2. The van der Waals surface area contributed by atoms with E-state index in [1.165, 1.54) is 29.2 Å². The summed E-state index contributed by atoms with van der Waals surface area (Å²) < 4.78 is 13.3. The van der Waals surface area contributed by atoms with E-state index in [1.54, 1.807) is 26.0 Å². The van der Waals surface area contributed by atoms with Gasteiger partial charge in [-0.2, -0.15) is 0 Å². The number of halogens is 2. The van der Waals surface area contributed by atoms with Crippen molar-refractivity contribution >= 4 is 34.7 Å². The maximum Gasteiger partial charge on any atom is 0.278 e. The minimum atomic E-state index is -0.413. The van der Waals surface area contributed by atoms with Crippen LogP contribution >= 0.6 is 11.6 Å². The van der Waals surface area contributed by atoms with Gasteiger partial charge in [-0.05, 0) is 56.2 Å². The van der Waals surface area contributed by atoms with Crippen molar-refractivity contribution in [3.8, 4) is 0 Å². The highest BCUT2D eigenvalue weighted by Crippen LogP contribution is 2.33. The van der Waals surface area contributed by atoms with E-state index in [2.05, 4.69) is 5.32 Å². The number of amides is 2. The largest absolute Gasteiger partial charge is 0.350 e. The van der Waals surface area contributed by atoms with Gasteiger partial charge in [0.05, 0.1) is 5.57 Å². The summed E-state index contributed by atoms with van der Waals surface area (Å²) in [6, 6.07) is 10.5. The molecule has 0 atom stereocenters. The molecule has 0 bridgehead atoms. The Kier molecular flexibility index (Phi) is 4.83. The highest BCUT2D eigenvalue weighted by atomic mass is 35.5. The Morgan fingerprint density at radius 3 is 2.31 bits per heavy atom. The highest BCUT2D eigenvalue weighted by molar-refractivity contribution is 6.36. The van der Waals surface area contributed by atoms with Crippen molar-refractivity contribution in [3.63, 3.8) is 0 Å². The average Bonchev–Trinajstić information content (AvgIpc) is 2.82. The molecule has 1 aliphatic rings. The van der Waals surface area contributed by atoms with Crippen LogP contribution in [0, 0.1) is 12.7 Å². The molecule has 0 saturated carbocycles. The molecule has 6 heteroatoms. The number of anilines is 1. The van der Waals surface area contributed by atoms with Crippen LogP contribution in [0.2, 0.25) is 5.02 Å². The molecule has 134 valence electrons. The number of imide groups is 1. The molecule has 1 aliphatic heterocycles. The standard InChI is InChI=1S/C20H18ClFN2O2/c1-11(2)24-19(25)17(13-5-8-15(22)9-6-13)18(20(24)26)23-16-10-14(21)7-4-12(16)3/h4-11,23H,1-3H3. The lowest BCUT2D eigenvalue weighted by Crippen LogP contribution is -2.38. The van der Waals surface area contributed by atoms with Gasteiger partial charge in [-0.25, -0.2) is 4.39 Å². The lowest BCUT2D eigenvalue weighted by Gasteiger charge is -2.19. The summed E-state index contributed by atoms with van der Waals surface area (Å²) in [4.78, 5) is 27.0. The lowest BCUT2D eigenvalue weighted by atomic mass is 10.0. The third-order valence-corrected chi connectivity index (χ3v) is 4.46. The molecule has 26 heavy (non-hydrogen) atoms. The molecule has 0 unspecified atom stereocenters. The number of carbonyl (C=O) groups is 2. The van der Waals surface area contributed by atoms with Crippen molar-refractivity contribution in [1.82, 2.24) is 4.90 Å². The summed E-state index contributed by atoms with van der Waals surface area (Å²) in [5, 5.41) is 3.58. The molecule has 0 spiro atoms. The zero-order valence-electron chi connectivity index (χ0n) is 14.6. The Hall–Kier alpha value is -2.66. The van der Waals surface area contributed by atoms with Crippen molar-refractivity contribution in [1.29, 1.82) is 0 Å². The van der Waals surface area contributed by atoms with E-state index in [0.29, 0.717) is 16.3 Å². The monoisotopic (exact) mass is 372 g/mol. The zero-order valence-corrected chi connectivity index (χ0v) is 15.4. The number of hydrogen-bond acceptors (Lipinski definition) is 3. The third kappa shape index (κ3) is 3.22. The molecule has 2 amide bonds. The van der Waals surface area contributed by atoms with Crippen molar-refractivity contribution < 1.29 is 14.0 Å². The molecule has 3 rings (SSSR count). The molecule has 0 aromatic heterocycles. The van der Waals surface area contributed by atoms with Crippen LogP contribution in [0.25, 0.3) is 5.57 Å². The Morgan fingerprint density at radius 2 is 1.69 bits per heavy atom. The van der Waals surface area contributed by atoms with E-state index in [4.69, 9.17) is 11.6 Å². The summed E-state index contributed by atoms with van der Waals surface area (Å²) in [6.45, 7) is 5.41. The van der Waals surface area contributed by atoms with Crippen molar-refractivity contribution in [2.45, 2.75) is 26.8 Å². The molecule has 4 nitrogen and oxygen atoms in total. The van der Waals surface area contributed by atoms with Gasteiger partial charge >= 0.3 is 0 Å². The SMILES string of the molecule is Cc1ccc(Cl)cc1NC1=C(c2ccc(F)cc2)C(=O)N(C(C)C)C1=O. The van der Waals surface area contributed by atoms with Gasteiger partial charge in [-0.15, -0.1) is 0 Å². The summed E-state index contributed by atoms with van der Waals surface area (Å²) >= 11 is 6.06. The normalized spacial score (nSPS) is 14.6. The fraction of sp³-hybridized carbons (Fsp3) is 0.200. The first kappa shape index (κ1) is 18.1. The van der Waals surface area contributed by atoms with E-state index in [0.717, 1.165) is 5.56 Å². The number of carbonyl (C=O) groups excluding carboxylic acids is 2. The lowest BCUT2D eigenvalue weighted by molar-refractivity contribution is -0.138. The number of nitrogens with zero attached hydrogens (tertiary/aromatic N) is 1. The Morgan fingerprint density at radius 1 is 1.04 bits per heavy atom. The molecule has 0 radical (unpaired) electrons. The molecule has 1 heterocycles. The third-order valence-electron chi connectivity index (χ3n) is 4.22. The van der Waals surface area contributed by atoms with Crippen LogP contribution in [0.3, 0.4) is 0 Å². The smallest absolute Gasteiger partial charge is 0.278 e. The zero-order chi connectivity index (χ0) is 19.0. The topological polar surface area (TPSA) is 49.4 Å². The van der Waals surface area contributed by atoms with Crippen LogP contribution in [-0.4, -0.2) is 22.8 Å². The molecule has 0 fully saturated rings. The van der Waals surface area contributed by atoms with Crippen LogP contribution in [0.5, 0.6) is 0 Å². The predicted molar refractivity (Wildman–Crippen MR) is 100 cm³/mol. The quantitative estimate of drug-likeness (QED) is 0.810. The highest BCUT2D eigenvalue weighted by Gasteiger charge is 2.40. The molecule has 1 N–H and O–H groups in total. The van der Waals surface area contributed by atoms with Gasteiger partial charge < -0.3 is 5.32 Å². The van der Waals surface area contributed by atoms with Crippen LogP contribution in [0.15, 0.2) is 48.2 Å². The average molecular weight is 373 g/mol. The van der Waals surface area contributed by atoms with Crippen LogP contribution < -0.4 is 5.32 Å². The van der Waals surface area contributed by atoms with Gasteiger partial charge in [-0.1, -0.05) is 29.8 Å². The molecule has 2 aromatic rings. The van der Waals surface area contributed by atoms with Crippen molar-refractivity contribution in [2.75, 3.05) is 5.32 Å². The second kappa shape index (κ2) is 6.92. The first-order chi connectivity index (χ1) is 12.3. The molecular formula is C20H18ClFN2O2. The van der Waals surface area contributed by atoms with E-state index < -0.39 is 17.6 Å². The predicted octanol–water partition coefficient (Wildman–Crippen LogP) is 4.39. The Bertz CT molecular complexity index is 920. The van der Waals surface area contributed by atoms with E-state index in [-0.39, 0.29) is 17.3 Å². The number of nitrogens with one attached hydrogen (secondary N) is 1. The number of hydrogen-bond donors (Lipinski definition) is 1. The van der Waals surface area contributed by atoms with Gasteiger partial charge in [0.1, 0.15) is 11.5 Å². The van der Waals surface area contributed by atoms with Crippen molar-refractivity contribution in [3.05, 3.63) is 70.1 Å². The summed E-state index contributed by atoms with van der Waals surface area (Å²) in [5.74, 6) is -1.23. The molecule has 0 saturated heterocycles. The van der Waals surface area contributed by atoms with Gasteiger partial charge in [0.25, 0.3) is 11.8 Å². The van der Waals surface area contributed by atoms with E-state index in [1.807, 2.05) is 13.0 Å². The fourth-order valence-electron chi connectivity index (χ4n) is 2.88. The van der Waals surface area contributed by atoms with E-state index in [9.17, 15) is 14.0 Å². The van der Waals surface area contributed by atoms with Crippen molar-refractivity contribution in [2.24, 2.45) is 0 Å². The molecule has 0 aliphatic carbocycles. The molecular weight excluding hydrogens is 355 g/mol. The first-order valence-corrected chi connectivity index (χ1v) is 8.58. The minimum Gasteiger partial charge on any atom is -0.350 e. The van der Waals surface area contributed by atoms with Gasteiger partial charge in [0.2, 0.25) is 0 Å². The summed E-state index contributed by atoms with van der Waals surface area (Å²) in [5.41, 5.74) is 2.39. The van der Waals surface area contributed by atoms with E-state index >= 15 is 0 Å². The summed E-state index contributed by atoms with van der Waals surface area (Å²) in [6.07, 6.45) is 0. The Labute approximate surface area is 156 Å². The first-order valence-electron chi connectivity index (χ1n) is 8.21. The maximum atomic E-state index is 13.3. The fourth-order valence-corrected chi connectivity index (χ4v) is 3.05. The maximum absolute atomic E-state index is 13.3. The number of rotatable bonds is 4. The van der Waals surface area contributed by atoms with Crippen LogP contribution in [0.4, 0.5) is 10.1 Å².